The summed E-state index contributed by atoms with van der Waals surface area (Å²) < 4.78 is 5.90. The number of hydrogen-bond acceptors (Lipinski definition) is 2. The van der Waals surface area contributed by atoms with Crippen LogP contribution in [0.4, 0.5) is 0 Å². The van der Waals surface area contributed by atoms with Crippen LogP contribution in [-0.4, -0.2) is 13.1 Å². The molecule has 0 amide bonds. The van der Waals surface area contributed by atoms with Crippen molar-refractivity contribution in [3.05, 3.63) is 256 Å². The summed E-state index contributed by atoms with van der Waals surface area (Å²) in [6.45, 7) is 29.2. The highest BCUT2D eigenvalue weighted by molar-refractivity contribution is 6.50. The molecule has 0 N–H and O–H groups in total. The van der Waals surface area contributed by atoms with Crippen molar-refractivity contribution in [1.82, 2.24) is 0 Å². The fourth-order valence-corrected chi connectivity index (χ4v) is 28.0. The third-order valence-electron chi connectivity index (χ3n) is 31.6. The van der Waals surface area contributed by atoms with E-state index >= 15 is 0 Å². The van der Waals surface area contributed by atoms with E-state index < -0.39 is 10.8 Å². The van der Waals surface area contributed by atoms with Crippen molar-refractivity contribution in [3.63, 3.8) is 0 Å². The van der Waals surface area contributed by atoms with Gasteiger partial charge in [0.25, 0.3) is 0 Å². The SMILES string of the molecule is COC(=O)C(C)CCC1(c2c(C)c(-c3c(C)c(C)c(-c4c(C)c(C)cc5ccccc45)c4ccccc34)c(C)c(-c3c(C)c(C)c(-c4c(C)c(C)cc5ccccc45)c4ccccc34)c2C)C23C=C4CC5=CC6Cc7cc8cc9cc%10c%11c%12c%13c%14c%15c(c4c5c4c%15c5c(c7c8c(c9%12)c5%13)C46)C21C=%14C%11C(C=%10)C3. The summed E-state index contributed by atoms with van der Waals surface area (Å²) >= 11 is 0. The molecule has 0 radical (unpaired) electrons. The van der Waals surface area contributed by atoms with Gasteiger partial charge in [-0.05, 0) is 417 Å². The first-order valence-electron chi connectivity index (χ1n) is 39.3. The first-order chi connectivity index (χ1) is 51.0. The molecule has 0 aromatic heterocycles. The van der Waals surface area contributed by atoms with Gasteiger partial charge in [0.2, 0.25) is 0 Å². The molecule has 0 aliphatic heterocycles. The molecule has 10 aliphatic carbocycles. The maximum absolute atomic E-state index is 14.7. The largest absolute Gasteiger partial charge is 0.469 e. The predicted octanol–water partition coefficient (Wildman–Crippen LogP) is 24.2. The number of carbonyl (C=O) groups excluding carboxylic acids is 1. The lowest BCUT2D eigenvalue weighted by atomic mass is 9.60. The van der Waals surface area contributed by atoms with Crippen molar-refractivity contribution in [1.29, 1.82) is 0 Å². The van der Waals surface area contributed by atoms with E-state index in [1.165, 1.54) is 170 Å². The molecule has 1 spiro atoms. The number of allylic oxidation sites excluding steroid dienone is 4. The fraction of sp³-hybridized carbons (Fsp3) is 0.252. The van der Waals surface area contributed by atoms with E-state index in [0.717, 1.165) is 25.7 Å². The highest BCUT2D eigenvalue weighted by Gasteiger charge is 2.92. The minimum atomic E-state index is -0.506. The second kappa shape index (κ2) is 17.9. The number of carbonyl (C=O) groups is 1. The average Bonchev–Trinajstić information content (AvgIpc) is 1.38. The molecule has 105 heavy (non-hydrogen) atoms. The summed E-state index contributed by atoms with van der Waals surface area (Å²) in [5.74, 6) is 0.937. The Hall–Kier alpha value is -10.4. The van der Waals surface area contributed by atoms with Gasteiger partial charge in [-0.15, -0.1) is 0 Å². The van der Waals surface area contributed by atoms with Gasteiger partial charge < -0.3 is 4.74 Å². The lowest BCUT2D eigenvalue weighted by molar-refractivity contribution is -0.145. The Kier molecular flexibility index (Phi) is 9.89. The number of fused-ring (bicyclic) bond motifs is 4. The zero-order chi connectivity index (χ0) is 70.2. The quantitative estimate of drug-likeness (QED) is 0.106. The Labute approximate surface area is 610 Å². The molecule has 10 aliphatic rings. The monoisotopic (exact) mass is 1350 g/mol. The van der Waals surface area contributed by atoms with Crippen LogP contribution >= 0.6 is 0 Å². The van der Waals surface area contributed by atoms with Gasteiger partial charge in [0.15, 0.2) is 0 Å². The molecular weight excluding hydrogens is 1270 g/mol. The molecule has 2 saturated carbocycles. The first kappa shape index (κ1) is 57.9. The van der Waals surface area contributed by atoms with Gasteiger partial charge in [0.05, 0.1) is 13.0 Å². The minimum absolute atomic E-state index is 0.106. The fourth-order valence-electron chi connectivity index (χ4n) is 28.0. The van der Waals surface area contributed by atoms with Crippen LogP contribution in [0.15, 0.2) is 140 Å². The number of esters is 1. The standard InChI is InChI=1S/C103H78O2/c1-43(100(104)105-13)30-31-102(101-41-63-39-61-37-59-35-57-34-58-36-60-38-62-40-64(42-101)86-82(62)90-84(60)88-80(58)79(57)87-83(59)89-81(61)85(63)98-95-93(89)91(87)92(88)94(90)96(95)99(86)103(98,101)102)97-53(11)71(75-48(6)50(8)77(69-28-20-18-26-67(69)75)73-46(4)44(2)32-55-22-14-16-24-65(55)73)52(10)72(54(97)12)76-49(7)51(9)78(70-29-21-19-27-68(70)76)74-47(5)45(3)33-56-23-15-17-25-66(56)74/h14-29,32-35,37-39,42-43,60,63,84-85H,30-31,36,40-41H2,1-13H3. The number of rotatable bonds is 9. The van der Waals surface area contributed by atoms with E-state index in [9.17, 15) is 4.79 Å². The van der Waals surface area contributed by atoms with Gasteiger partial charge >= 0.3 is 5.97 Å². The van der Waals surface area contributed by atoms with Crippen LogP contribution in [0.2, 0.25) is 0 Å². The van der Waals surface area contributed by atoms with Gasteiger partial charge in [-0.25, -0.2) is 0 Å². The van der Waals surface area contributed by atoms with E-state index in [-0.39, 0.29) is 23.2 Å². The Morgan fingerprint density at radius 1 is 0.438 bits per heavy atom. The smallest absolute Gasteiger partial charge is 0.308 e. The van der Waals surface area contributed by atoms with Gasteiger partial charge in [-0.1, -0.05) is 140 Å². The molecular formula is C103H78O2. The normalized spacial score (nSPS) is 23.2. The maximum atomic E-state index is 14.7. The second-order valence-corrected chi connectivity index (χ2v) is 35.1. The molecule has 8 atom stereocenters. The van der Waals surface area contributed by atoms with Crippen molar-refractivity contribution in [3.8, 4) is 44.5 Å². The minimum Gasteiger partial charge on any atom is -0.469 e. The maximum Gasteiger partial charge on any atom is 0.308 e. The second-order valence-electron chi connectivity index (χ2n) is 35.1. The Morgan fingerprint density at radius 3 is 1.56 bits per heavy atom. The zero-order valence-electron chi connectivity index (χ0n) is 62.1. The summed E-state index contributed by atoms with van der Waals surface area (Å²) in [6, 6.07) is 50.1. The van der Waals surface area contributed by atoms with Crippen molar-refractivity contribution >= 4 is 136 Å². The molecule has 26 rings (SSSR count). The lowest BCUT2D eigenvalue weighted by Gasteiger charge is -2.42. The third kappa shape index (κ3) is 5.72. The van der Waals surface area contributed by atoms with Crippen LogP contribution in [0.1, 0.15) is 150 Å². The molecule has 2 nitrogen and oxygen atoms in total. The zero-order valence-corrected chi connectivity index (χ0v) is 62.1. The summed E-state index contributed by atoms with van der Waals surface area (Å²) in [5, 5.41) is 32.5. The number of aryl methyl sites for hydroxylation is 2. The molecule has 502 valence electrons. The van der Waals surface area contributed by atoms with Gasteiger partial charge in [-0.3, -0.25) is 4.79 Å². The molecule has 8 unspecified atom stereocenters. The van der Waals surface area contributed by atoms with Crippen LogP contribution in [0, 0.1) is 99.3 Å². The third-order valence-corrected chi connectivity index (χ3v) is 31.6. The van der Waals surface area contributed by atoms with Crippen molar-refractivity contribution in [2.24, 2.45) is 23.2 Å². The number of methoxy groups -OCH3 is 1. The summed E-state index contributed by atoms with van der Waals surface area (Å²) in [5.41, 5.74) is 42.5. The number of hydrogen-bond donors (Lipinski definition) is 0. The van der Waals surface area contributed by atoms with Crippen LogP contribution in [-0.2, 0) is 26.8 Å². The van der Waals surface area contributed by atoms with Crippen LogP contribution in [0.3, 0.4) is 0 Å². The first-order valence-corrected chi connectivity index (χ1v) is 39.3. The van der Waals surface area contributed by atoms with E-state index in [1.807, 2.05) is 0 Å². The lowest BCUT2D eigenvalue weighted by Crippen LogP contribution is -2.35. The van der Waals surface area contributed by atoms with Gasteiger partial charge in [0, 0.05) is 28.1 Å². The summed E-state index contributed by atoms with van der Waals surface area (Å²) in [6.07, 6.45) is 13.4. The summed E-state index contributed by atoms with van der Waals surface area (Å²) in [7, 11) is 1.62. The van der Waals surface area contributed by atoms with Crippen LogP contribution < -0.4 is 10.4 Å². The van der Waals surface area contributed by atoms with Gasteiger partial charge in [0.1, 0.15) is 0 Å². The van der Waals surface area contributed by atoms with Crippen molar-refractivity contribution in [2.75, 3.05) is 7.11 Å². The van der Waals surface area contributed by atoms with Crippen LogP contribution in [0.25, 0.3) is 175 Å². The van der Waals surface area contributed by atoms with E-state index in [1.54, 1.807) is 122 Å². The van der Waals surface area contributed by atoms with Crippen molar-refractivity contribution < 1.29 is 9.53 Å². The van der Waals surface area contributed by atoms with Crippen LogP contribution in [0.5, 0.6) is 0 Å². The highest BCUT2D eigenvalue weighted by Crippen LogP contribution is 2.95. The topological polar surface area (TPSA) is 26.3 Å². The molecule has 2 heteroatoms. The predicted molar refractivity (Wildman–Crippen MR) is 439 cm³/mol. The highest BCUT2D eigenvalue weighted by atomic mass is 16.5. The van der Waals surface area contributed by atoms with Crippen molar-refractivity contribution in [2.45, 2.75) is 138 Å². The Balaban J connectivity index is 0.863. The molecule has 0 heterocycles. The Bertz CT molecular complexity index is 7200. The molecule has 0 bridgehead atoms. The van der Waals surface area contributed by atoms with E-state index in [4.69, 9.17) is 4.74 Å². The van der Waals surface area contributed by atoms with E-state index in [0.29, 0.717) is 24.2 Å². The Morgan fingerprint density at radius 2 is 0.962 bits per heavy atom. The number of benzene rings is 14. The van der Waals surface area contributed by atoms with Gasteiger partial charge in [-0.2, -0.15) is 0 Å². The molecule has 0 saturated heterocycles. The molecule has 2 fully saturated rings. The average molecular weight is 1350 g/mol. The number of ether oxygens (including phenoxy) is 1. The molecule has 16 aromatic rings. The van der Waals surface area contributed by atoms with E-state index in [2.05, 4.69) is 229 Å². The molecule has 16 aromatic carbocycles. The summed E-state index contributed by atoms with van der Waals surface area (Å²) in [4.78, 5) is 14.7.